The minimum Gasteiger partial charge on any atom is -0.324 e. The first kappa shape index (κ1) is 12.1. The van der Waals surface area contributed by atoms with Gasteiger partial charge in [-0.25, -0.2) is 0 Å². The summed E-state index contributed by atoms with van der Waals surface area (Å²) in [5, 5.41) is 6.22. The lowest BCUT2D eigenvalue weighted by atomic mass is 10.0. The van der Waals surface area contributed by atoms with Gasteiger partial charge in [0, 0.05) is 11.3 Å². The van der Waals surface area contributed by atoms with E-state index in [4.69, 9.17) is 0 Å². The predicted molar refractivity (Wildman–Crippen MR) is 70.1 cm³/mol. The molecule has 0 saturated heterocycles. The lowest BCUT2D eigenvalue weighted by Crippen LogP contribution is -2.28. The van der Waals surface area contributed by atoms with E-state index in [1.165, 1.54) is 5.56 Å². The average molecular weight is 232 g/mol. The molecular weight excluding hydrogens is 212 g/mol. The maximum atomic E-state index is 11.8. The highest BCUT2D eigenvalue weighted by atomic mass is 16.2. The maximum Gasteiger partial charge on any atom is 0.246 e. The van der Waals surface area contributed by atoms with E-state index >= 15 is 0 Å². The number of carbonyl (C=O) groups excluding carboxylic acids is 1. The Morgan fingerprint density at radius 1 is 1.29 bits per heavy atom. The zero-order valence-electron chi connectivity index (χ0n) is 10.5. The fourth-order valence-electron chi connectivity index (χ4n) is 2.25. The maximum absolute atomic E-state index is 11.8. The molecule has 17 heavy (non-hydrogen) atoms. The number of carbonyl (C=O) groups is 1. The van der Waals surface area contributed by atoms with E-state index in [0.717, 1.165) is 37.1 Å². The van der Waals surface area contributed by atoms with Crippen LogP contribution in [0.1, 0.15) is 43.9 Å². The van der Waals surface area contributed by atoms with E-state index in [1.54, 1.807) is 0 Å². The standard InChI is InChI=1S/C14H20N2O/c1-3-5-10-6-7-12-11(9-10)13(14(17)16-12)15-8-4-2/h6-7,9,13,15H,3-5,8H2,1-2H3,(H,16,17). The molecule has 0 aromatic heterocycles. The second-order valence-electron chi connectivity index (χ2n) is 4.55. The lowest BCUT2D eigenvalue weighted by Gasteiger charge is -2.11. The third kappa shape index (κ3) is 2.50. The number of aryl methyl sites for hydroxylation is 1. The van der Waals surface area contributed by atoms with Crippen molar-refractivity contribution in [2.24, 2.45) is 0 Å². The third-order valence-electron chi connectivity index (χ3n) is 3.08. The zero-order chi connectivity index (χ0) is 12.3. The predicted octanol–water partition coefficient (Wildman–Crippen LogP) is 2.63. The molecule has 3 nitrogen and oxygen atoms in total. The second-order valence-corrected chi connectivity index (χ2v) is 4.55. The van der Waals surface area contributed by atoms with Crippen LogP contribution in [0.4, 0.5) is 5.69 Å². The van der Waals surface area contributed by atoms with E-state index in [9.17, 15) is 4.79 Å². The number of amides is 1. The lowest BCUT2D eigenvalue weighted by molar-refractivity contribution is -0.117. The Bertz CT molecular complexity index is 415. The topological polar surface area (TPSA) is 41.1 Å². The van der Waals surface area contributed by atoms with Crippen molar-refractivity contribution in [3.8, 4) is 0 Å². The fourth-order valence-corrected chi connectivity index (χ4v) is 2.25. The molecule has 0 fully saturated rings. The number of rotatable bonds is 5. The summed E-state index contributed by atoms with van der Waals surface area (Å²) < 4.78 is 0. The molecule has 1 aromatic carbocycles. The molecule has 3 heteroatoms. The van der Waals surface area contributed by atoms with Crippen molar-refractivity contribution in [2.45, 2.75) is 39.2 Å². The number of hydrogen-bond acceptors (Lipinski definition) is 2. The highest BCUT2D eigenvalue weighted by Gasteiger charge is 2.29. The molecule has 0 bridgehead atoms. The van der Waals surface area contributed by atoms with Gasteiger partial charge < -0.3 is 10.6 Å². The van der Waals surface area contributed by atoms with Crippen LogP contribution in [0, 0.1) is 0 Å². The van der Waals surface area contributed by atoms with Crippen LogP contribution < -0.4 is 10.6 Å². The molecular formula is C14H20N2O. The van der Waals surface area contributed by atoms with Crippen molar-refractivity contribution in [1.29, 1.82) is 0 Å². The number of hydrogen-bond donors (Lipinski definition) is 2. The summed E-state index contributed by atoms with van der Waals surface area (Å²) in [7, 11) is 0. The summed E-state index contributed by atoms with van der Waals surface area (Å²) in [5.41, 5.74) is 3.38. The Balaban J connectivity index is 2.22. The molecule has 2 N–H and O–H groups in total. The minimum atomic E-state index is -0.165. The van der Waals surface area contributed by atoms with E-state index in [2.05, 4.69) is 36.6 Å². The van der Waals surface area contributed by atoms with Gasteiger partial charge in [-0.1, -0.05) is 32.4 Å². The van der Waals surface area contributed by atoms with Crippen LogP contribution in [-0.4, -0.2) is 12.5 Å². The van der Waals surface area contributed by atoms with Crippen LogP contribution in [0.5, 0.6) is 0 Å². The van der Waals surface area contributed by atoms with Crippen molar-refractivity contribution in [3.63, 3.8) is 0 Å². The molecule has 1 aromatic rings. The molecule has 1 unspecified atom stereocenters. The first-order valence-electron chi connectivity index (χ1n) is 6.43. The molecule has 0 aliphatic carbocycles. The van der Waals surface area contributed by atoms with Crippen molar-refractivity contribution < 1.29 is 4.79 Å². The van der Waals surface area contributed by atoms with Gasteiger partial charge in [0.2, 0.25) is 5.91 Å². The molecule has 2 rings (SSSR count). The second kappa shape index (κ2) is 5.32. The summed E-state index contributed by atoms with van der Waals surface area (Å²) >= 11 is 0. The summed E-state index contributed by atoms with van der Waals surface area (Å²) in [4.78, 5) is 11.8. The minimum absolute atomic E-state index is 0.0714. The summed E-state index contributed by atoms with van der Waals surface area (Å²) in [6.45, 7) is 5.15. The summed E-state index contributed by atoms with van der Waals surface area (Å²) in [6, 6.07) is 6.11. The van der Waals surface area contributed by atoms with Crippen LogP contribution >= 0.6 is 0 Å². The molecule has 0 saturated carbocycles. The van der Waals surface area contributed by atoms with Gasteiger partial charge in [-0.05, 0) is 31.0 Å². The van der Waals surface area contributed by atoms with Gasteiger partial charge in [0.05, 0.1) is 0 Å². The van der Waals surface area contributed by atoms with Crippen LogP contribution in [-0.2, 0) is 11.2 Å². The van der Waals surface area contributed by atoms with Crippen LogP contribution in [0.15, 0.2) is 18.2 Å². The Morgan fingerprint density at radius 2 is 2.12 bits per heavy atom. The Morgan fingerprint density at radius 3 is 2.82 bits per heavy atom. The third-order valence-corrected chi connectivity index (χ3v) is 3.08. The van der Waals surface area contributed by atoms with E-state index < -0.39 is 0 Å². The first-order valence-corrected chi connectivity index (χ1v) is 6.43. The smallest absolute Gasteiger partial charge is 0.246 e. The number of benzene rings is 1. The van der Waals surface area contributed by atoms with Gasteiger partial charge in [-0.3, -0.25) is 4.79 Å². The van der Waals surface area contributed by atoms with Gasteiger partial charge in [0.25, 0.3) is 0 Å². The Kier molecular flexibility index (Phi) is 3.79. The molecule has 1 heterocycles. The zero-order valence-corrected chi connectivity index (χ0v) is 10.5. The summed E-state index contributed by atoms with van der Waals surface area (Å²) in [6.07, 6.45) is 3.24. The number of fused-ring (bicyclic) bond motifs is 1. The van der Waals surface area contributed by atoms with Gasteiger partial charge >= 0.3 is 0 Å². The van der Waals surface area contributed by atoms with E-state index in [-0.39, 0.29) is 11.9 Å². The highest BCUT2D eigenvalue weighted by Crippen LogP contribution is 2.31. The monoisotopic (exact) mass is 232 g/mol. The van der Waals surface area contributed by atoms with Gasteiger partial charge in [0.15, 0.2) is 0 Å². The summed E-state index contributed by atoms with van der Waals surface area (Å²) in [5.74, 6) is 0.0714. The van der Waals surface area contributed by atoms with Gasteiger partial charge in [-0.15, -0.1) is 0 Å². The normalized spacial score (nSPS) is 18.0. The Labute approximate surface area is 103 Å². The molecule has 1 atom stereocenters. The van der Waals surface area contributed by atoms with E-state index in [1.807, 2.05) is 6.07 Å². The van der Waals surface area contributed by atoms with Gasteiger partial charge in [0.1, 0.15) is 6.04 Å². The Hall–Kier alpha value is -1.35. The van der Waals surface area contributed by atoms with Crippen molar-refractivity contribution in [3.05, 3.63) is 29.3 Å². The van der Waals surface area contributed by atoms with Crippen molar-refractivity contribution in [1.82, 2.24) is 5.32 Å². The van der Waals surface area contributed by atoms with Crippen molar-refractivity contribution in [2.75, 3.05) is 11.9 Å². The van der Waals surface area contributed by atoms with Gasteiger partial charge in [-0.2, -0.15) is 0 Å². The van der Waals surface area contributed by atoms with Crippen LogP contribution in [0.25, 0.3) is 0 Å². The van der Waals surface area contributed by atoms with Crippen molar-refractivity contribution >= 4 is 11.6 Å². The molecule has 1 aliphatic rings. The molecule has 1 aliphatic heterocycles. The van der Waals surface area contributed by atoms with Crippen LogP contribution in [0.3, 0.4) is 0 Å². The fraction of sp³-hybridized carbons (Fsp3) is 0.500. The molecule has 0 spiro atoms. The SMILES string of the molecule is CCCNC1C(=O)Nc2ccc(CCC)cc21. The first-order chi connectivity index (χ1) is 8.26. The van der Waals surface area contributed by atoms with E-state index in [0.29, 0.717) is 0 Å². The molecule has 1 amide bonds. The highest BCUT2D eigenvalue weighted by molar-refractivity contribution is 6.02. The number of nitrogens with one attached hydrogen (secondary N) is 2. The largest absolute Gasteiger partial charge is 0.324 e. The average Bonchev–Trinajstić information content (AvgIpc) is 2.63. The quantitative estimate of drug-likeness (QED) is 0.819. The number of anilines is 1. The molecule has 0 radical (unpaired) electrons. The molecule has 92 valence electrons. The van der Waals surface area contributed by atoms with Crippen LogP contribution in [0.2, 0.25) is 0 Å².